The van der Waals surface area contributed by atoms with E-state index in [0.29, 0.717) is 12.2 Å². The van der Waals surface area contributed by atoms with Gasteiger partial charge in [-0.1, -0.05) is 53.6 Å². The van der Waals surface area contributed by atoms with Crippen molar-refractivity contribution in [1.29, 1.82) is 0 Å². The minimum atomic E-state index is -3.90. The second-order valence-electron chi connectivity index (χ2n) is 7.98. The van der Waals surface area contributed by atoms with Gasteiger partial charge in [0.25, 0.3) is 10.0 Å². The number of anilines is 1. The van der Waals surface area contributed by atoms with Gasteiger partial charge in [0.15, 0.2) is 0 Å². The first-order valence-corrected chi connectivity index (χ1v) is 13.3. The van der Waals surface area contributed by atoms with E-state index >= 15 is 0 Å². The molecule has 0 aliphatic carbocycles. The Hall–Kier alpha value is -2.77. The van der Waals surface area contributed by atoms with E-state index in [0.717, 1.165) is 28.9 Å². The first kappa shape index (κ1) is 24.9. The minimum absolute atomic E-state index is 0.167. The average Bonchev–Trinajstić information content (AvgIpc) is 2.78. The minimum Gasteiger partial charge on any atom is -0.354 e. The Labute approximate surface area is 201 Å². The van der Waals surface area contributed by atoms with Crippen molar-refractivity contribution >= 4 is 33.4 Å². The highest BCUT2D eigenvalue weighted by Crippen LogP contribution is 2.27. The van der Waals surface area contributed by atoms with E-state index in [1.54, 1.807) is 42.1 Å². The van der Waals surface area contributed by atoms with Crippen LogP contribution in [0.25, 0.3) is 0 Å². The molecule has 0 heterocycles. The monoisotopic (exact) mass is 482 g/mol. The van der Waals surface area contributed by atoms with Gasteiger partial charge in [0.2, 0.25) is 5.91 Å². The van der Waals surface area contributed by atoms with Crippen molar-refractivity contribution in [3.63, 3.8) is 0 Å². The third-order valence-electron chi connectivity index (χ3n) is 5.17. The number of amides is 1. The molecule has 174 valence electrons. The van der Waals surface area contributed by atoms with E-state index < -0.39 is 10.0 Å². The third kappa shape index (κ3) is 6.85. The topological polar surface area (TPSA) is 66.5 Å². The number of carbonyl (C=O) groups excluding carboxylic acids is 1. The van der Waals surface area contributed by atoms with Crippen LogP contribution in [0, 0.1) is 20.8 Å². The maximum absolute atomic E-state index is 13.5. The van der Waals surface area contributed by atoms with Gasteiger partial charge in [0.1, 0.15) is 6.54 Å². The predicted octanol–water partition coefficient (Wildman–Crippen LogP) is 5.11. The van der Waals surface area contributed by atoms with Crippen LogP contribution >= 0.6 is 11.8 Å². The molecule has 0 fully saturated rings. The molecule has 0 saturated heterocycles. The molecule has 1 N–H and O–H groups in total. The van der Waals surface area contributed by atoms with Crippen molar-refractivity contribution in [3.05, 3.63) is 89.5 Å². The Kier molecular flexibility index (Phi) is 8.58. The highest BCUT2D eigenvalue weighted by atomic mass is 32.2. The van der Waals surface area contributed by atoms with Gasteiger partial charge in [-0.3, -0.25) is 9.10 Å². The quantitative estimate of drug-likeness (QED) is 0.322. The molecule has 0 unspecified atom stereocenters. The Morgan fingerprint density at radius 2 is 1.58 bits per heavy atom. The average molecular weight is 483 g/mol. The molecule has 3 aromatic carbocycles. The van der Waals surface area contributed by atoms with E-state index in [9.17, 15) is 13.2 Å². The zero-order valence-corrected chi connectivity index (χ0v) is 20.9. The summed E-state index contributed by atoms with van der Waals surface area (Å²) in [6, 6.07) is 22.3. The van der Waals surface area contributed by atoms with Crippen LogP contribution in [0.3, 0.4) is 0 Å². The normalized spacial score (nSPS) is 11.2. The van der Waals surface area contributed by atoms with Crippen LogP contribution in [-0.4, -0.2) is 33.2 Å². The van der Waals surface area contributed by atoms with Gasteiger partial charge in [0, 0.05) is 11.4 Å². The van der Waals surface area contributed by atoms with Crippen LogP contribution in [-0.2, 0) is 14.8 Å². The van der Waals surface area contributed by atoms with Gasteiger partial charge in [-0.2, -0.15) is 0 Å². The maximum Gasteiger partial charge on any atom is 0.264 e. The lowest BCUT2D eigenvalue weighted by Gasteiger charge is -2.26. The van der Waals surface area contributed by atoms with Crippen molar-refractivity contribution in [1.82, 2.24) is 5.32 Å². The smallest absolute Gasteiger partial charge is 0.264 e. The molecule has 0 radical (unpaired) electrons. The SMILES string of the molecule is Cc1ccc(S(=O)(=O)N(CC(=O)NCCCSc2ccccc2)c2ccc(C)cc2C)cc1. The first-order chi connectivity index (χ1) is 15.8. The first-order valence-electron chi connectivity index (χ1n) is 10.9. The number of rotatable bonds is 10. The number of sulfonamides is 1. The molecule has 3 aromatic rings. The van der Waals surface area contributed by atoms with Gasteiger partial charge in [-0.05, 0) is 68.8 Å². The molecule has 0 saturated carbocycles. The third-order valence-corrected chi connectivity index (χ3v) is 8.04. The van der Waals surface area contributed by atoms with Crippen LogP contribution in [0.15, 0.2) is 82.6 Å². The molecule has 1 amide bonds. The van der Waals surface area contributed by atoms with Gasteiger partial charge in [-0.25, -0.2) is 8.42 Å². The van der Waals surface area contributed by atoms with Crippen molar-refractivity contribution in [3.8, 4) is 0 Å². The van der Waals surface area contributed by atoms with Crippen LogP contribution in [0.4, 0.5) is 5.69 Å². The number of carbonyl (C=O) groups is 1. The van der Waals surface area contributed by atoms with E-state index in [2.05, 4.69) is 17.4 Å². The summed E-state index contributed by atoms with van der Waals surface area (Å²) < 4.78 is 28.2. The van der Waals surface area contributed by atoms with Crippen LogP contribution in [0.5, 0.6) is 0 Å². The van der Waals surface area contributed by atoms with Crippen LogP contribution in [0.1, 0.15) is 23.1 Å². The molecule has 5 nitrogen and oxygen atoms in total. The standard InChI is InChI=1S/C26H30N2O3S2/c1-20-10-13-24(14-11-20)33(30,31)28(25-15-12-21(2)18-22(25)3)19-26(29)27-16-7-17-32-23-8-5-4-6-9-23/h4-6,8-15,18H,7,16-17,19H2,1-3H3,(H,27,29). The number of thioether (sulfide) groups is 1. The summed E-state index contributed by atoms with van der Waals surface area (Å²) >= 11 is 1.73. The lowest BCUT2D eigenvalue weighted by atomic mass is 10.1. The van der Waals surface area contributed by atoms with Gasteiger partial charge >= 0.3 is 0 Å². The van der Waals surface area contributed by atoms with Gasteiger partial charge in [-0.15, -0.1) is 11.8 Å². The second-order valence-corrected chi connectivity index (χ2v) is 11.0. The van der Waals surface area contributed by atoms with Crippen molar-refractivity contribution < 1.29 is 13.2 Å². The summed E-state index contributed by atoms with van der Waals surface area (Å²) in [5, 5.41) is 2.87. The molecular weight excluding hydrogens is 452 g/mol. The van der Waals surface area contributed by atoms with E-state index in [-0.39, 0.29) is 17.3 Å². The summed E-state index contributed by atoms with van der Waals surface area (Å²) in [6.07, 6.45) is 0.791. The predicted molar refractivity (Wildman–Crippen MR) is 136 cm³/mol. The Morgan fingerprint density at radius 1 is 0.909 bits per heavy atom. The van der Waals surface area contributed by atoms with E-state index in [1.165, 1.54) is 9.20 Å². The summed E-state index contributed by atoms with van der Waals surface area (Å²) in [6.45, 7) is 5.94. The molecule has 0 bridgehead atoms. The number of nitrogens with zero attached hydrogens (tertiary/aromatic N) is 1. The van der Waals surface area contributed by atoms with E-state index in [1.807, 2.05) is 51.1 Å². The van der Waals surface area contributed by atoms with Crippen molar-refractivity contribution in [2.75, 3.05) is 23.1 Å². The zero-order valence-electron chi connectivity index (χ0n) is 19.2. The maximum atomic E-state index is 13.5. The number of hydrogen-bond donors (Lipinski definition) is 1. The Morgan fingerprint density at radius 3 is 2.24 bits per heavy atom. The summed E-state index contributed by atoms with van der Waals surface area (Å²) in [5.41, 5.74) is 3.32. The fourth-order valence-corrected chi connectivity index (χ4v) is 5.77. The highest BCUT2D eigenvalue weighted by molar-refractivity contribution is 7.99. The fraction of sp³-hybridized carbons (Fsp3) is 0.269. The largest absolute Gasteiger partial charge is 0.354 e. The number of hydrogen-bond acceptors (Lipinski definition) is 4. The molecule has 7 heteroatoms. The lowest BCUT2D eigenvalue weighted by Crippen LogP contribution is -2.41. The summed E-state index contributed by atoms with van der Waals surface area (Å²) in [7, 11) is -3.90. The highest BCUT2D eigenvalue weighted by Gasteiger charge is 2.28. The number of aryl methyl sites for hydroxylation is 3. The zero-order chi connectivity index (χ0) is 23.8. The molecular formula is C26H30N2O3S2. The molecule has 0 spiro atoms. The second kappa shape index (κ2) is 11.4. The molecule has 33 heavy (non-hydrogen) atoms. The van der Waals surface area contributed by atoms with Crippen molar-refractivity contribution in [2.45, 2.75) is 37.0 Å². The van der Waals surface area contributed by atoms with Gasteiger partial charge < -0.3 is 5.32 Å². The molecule has 0 aliphatic rings. The molecule has 3 rings (SSSR count). The van der Waals surface area contributed by atoms with Crippen molar-refractivity contribution in [2.24, 2.45) is 0 Å². The molecule has 0 atom stereocenters. The lowest BCUT2D eigenvalue weighted by molar-refractivity contribution is -0.119. The summed E-state index contributed by atoms with van der Waals surface area (Å²) in [5.74, 6) is 0.544. The van der Waals surface area contributed by atoms with Gasteiger partial charge in [0.05, 0.1) is 10.6 Å². The van der Waals surface area contributed by atoms with E-state index in [4.69, 9.17) is 0 Å². The number of benzene rings is 3. The Balaban J connectivity index is 1.70. The molecule has 0 aromatic heterocycles. The molecule has 0 aliphatic heterocycles. The van der Waals surface area contributed by atoms with Crippen LogP contribution < -0.4 is 9.62 Å². The Bertz CT molecular complexity index is 1180. The summed E-state index contributed by atoms with van der Waals surface area (Å²) in [4.78, 5) is 14.1. The van der Waals surface area contributed by atoms with Crippen LogP contribution in [0.2, 0.25) is 0 Å². The number of nitrogens with one attached hydrogen (secondary N) is 1. The fourth-order valence-electron chi connectivity index (χ4n) is 3.42.